The highest BCUT2D eigenvalue weighted by molar-refractivity contribution is 5.96. The van der Waals surface area contributed by atoms with E-state index in [-0.39, 0.29) is 17.5 Å². The molecule has 0 spiro atoms. The van der Waals surface area contributed by atoms with Crippen LogP contribution in [0.5, 0.6) is 11.5 Å². The van der Waals surface area contributed by atoms with Crippen LogP contribution in [-0.4, -0.2) is 33.9 Å². The number of rotatable bonds is 3. The van der Waals surface area contributed by atoms with Gasteiger partial charge in [0.2, 0.25) is 0 Å². The topological polar surface area (TPSA) is 108 Å². The molecule has 1 amide bonds. The number of aromatic hydroxyl groups is 2. The van der Waals surface area contributed by atoms with Gasteiger partial charge in [0.25, 0.3) is 5.91 Å². The Morgan fingerprint density at radius 2 is 2.00 bits per heavy atom. The van der Waals surface area contributed by atoms with Crippen LogP contribution in [0.1, 0.15) is 39.2 Å². The predicted octanol–water partition coefficient (Wildman–Crippen LogP) is 1.67. The Labute approximate surface area is 139 Å². The van der Waals surface area contributed by atoms with Gasteiger partial charge in [-0.2, -0.15) is 5.10 Å². The van der Waals surface area contributed by atoms with Crippen molar-refractivity contribution in [3.05, 3.63) is 23.8 Å². The lowest BCUT2D eigenvalue weighted by Crippen LogP contribution is -2.52. The number of hydrazone groups is 1. The number of phenolic OH excluding ortho intramolecular Hbond substituents is 2. The molecule has 7 nitrogen and oxygen atoms in total. The summed E-state index contributed by atoms with van der Waals surface area (Å²) in [5.41, 5.74) is 0.196. The molecule has 1 aliphatic carbocycles. The summed E-state index contributed by atoms with van der Waals surface area (Å²) in [6.07, 6.45) is 2.31. The lowest BCUT2D eigenvalue weighted by molar-refractivity contribution is -0.168. The van der Waals surface area contributed by atoms with Crippen LogP contribution in [-0.2, 0) is 14.3 Å². The lowest BCUT2D eigenvalue weighted by Gasteiger charge is -2.34. The number of phenols is 2. The maximum Gasteiger partial charge on any atom is 0.313 e. The molecule has 1 aliphatic heterocycles. The second kappa shape index (κ2) is 4.96. The molecule has 7 heteroatoms. The van der Waals surface area contributed by atoms with Crippen LogP contribution in [0.25, 0.3) is 0 Å². The fourth-order valence-electron chi connectivity index (χ4n) is 3.64. The number of hydrogen-bond donors (Lipinski definition) is 3. The molecular weight excluding hydrogens is 312 g/mol. The van der Waals surface area contributed by atoms with Crippen molar-refractivity contribution >= 4 is 18.1 Å². The maximum atomic E-state index is 12.7. The first kappa shape index (κ1) is 16.3. The van der Waals surface area contributed by atoms with Crippen molar-refractivity contribution in [2.75, 3.05) is 0 Å². The SMILES string of the molecule is CC1(C)[C@@]2(C(=O)N/N=C/c3ccc(O)cc3O)CC[C@]1(C)C(=O)O2. The number of amides is 1. The Hall–Kier alpha value is -2.57. The van der Waals surface area contributed by atoms with Gasteiger partial charge in [-0.1, -0.05) is 13.8 Å². The minimum atomic E-state index is -1.23. The van der Waals surface area contributed by atoms with Gasteiger partial charge in [-0.3, -0.25) is 9.59 Å². The molecule has 3 N–H and O–H groups in total. The molecule has 2 bridgehead atoms. The average Bonchev–Trinajstić information content (AvgIpc) is 2.79. The van der Waals surface area contributed by atoms with E-state index in [0.717, 1.165) is 0 Å². The number of ether oxygens (including phenoxy) is 1. The van der Waals surface area contributed by atoms with E-state index in [9.17, 15) is 19.8 Å². The van der Waals surface area contributed by atoms with Gasteiger partial charge in [0, 0.05) is 17.0 Å². The lowest BCUT2D eigenvalue weighted by atomic mass is 9.66. The van der Waals surface area contributed by atoms with Gasteiger partial charge < -0.3 is 14.9 Å². The molecule has 3 rings (SSSR count). The van der Waals surface area contributed by atoms with Crippen molar-refractivity contribution in [1.29, 1.82) is 0 Å². The van der Waals surface area contributed by atoms with E-state index in [4.69, 9.17) is 4.74 Å². The van der Waals surface area contributed by atoms with E-state index >= 15 is 0 Å². The van der Waals surface area contributed by atoms with Gasteiger partial charge in [0.05, 0.1) is 11.6 Å². The molecule has 2 aliphatic rings. The van der Waals surface area contributed by atoms with Crippen LogP contribution in [0.3, 0.4) is 0 Å². The third-order valence-electron chi connectivity index (χ3n) is 5.83. The second-order valence-electron chi connectivity index (χ2n) is 7.12. The molecular formula is C17H20N2O5. The Kier molecular flexibility index (Phi) is 3.37. The Morgan fingerprint density at radius 3 is 2.54 bits per heavy atom. The number of fused-ring (bicyclic) bond motifs is 2. The highest BCUT2D eigenvalue weighted by Gasteiger charge is 2.75. The number of benzene rings is 1. The molecule has 2 fully saturated rings. The first-order valence-electron chi connectivity index (χ1n) is 7.73. The van der Waals surface area contributed by atoms with Crippen molar-refractivity contribution in [1.82, 2.24) is 5.43 Å². The average molecular weight is 332 g/mol. The number of carbonyl (C=O) groups is 2. The highest BCUT2D eigenvalue weighted by Crippen LogP contribution is 2.65. The summed E-state index contributed by atoms with van der Waals surface area (Å²) in [6.45, 7) is 5.55. The molecule has 0 unspecified atom stereocenters. The van der Waals surface area contributed by atoms with Gasteiger partial charge in [0.1, 0.15) is 11.5 Å². The zero-order chi connectivity index (χ0) is 17.8. The van der Waals surface area contributed by atoms with E-state index in [1.165, 1.54) is 24.4 Å². The normalized spacial score (nSPS) is 30.5. The molecule has 1 saturated carbocycles. The predicted molar refractivity (Wildman–Crippen MR) is 85.5 cm³/mol. The first-order valence-corrected chi connectivity index (χ1v) is 7.73. The highest BCUT2D eigenvalue weighted by atomic mass is 16.6. The van der Waals surface area contributed by atoms with Crippen LogP contribution in [0.4, 0.5) is 0 Å². The Balaban J connectivity index is 1.79. The van der Waals surface area contributed by atoms with Gasteiger partial charge >= 0.3 is 5.97 Å². The maximum absolute atomic E-state index is 12.7. The third-order valence-corrected chi connectivity index (χ3v) is 5.83. The van der Waals surface area contributed by atoms with Crippen LogP contribution in [0.2, 0.25) is 0 Å². The van der Waals surface area contributed by atoms with Gasteiger partial charge in [-0.25, -0.2) is 5.43 Å². The van der Waals surface area contributed by atoms with Crippen LogP contribution >= 0.6 is 0 Å². The van der Waals surface area contributed by atoms with Crippen LogP contribution in [0, 0.1) is 10.8 Å². The smallest absolute Gasteiger partial charge is 0.313 e. The number of esters is 1. The number of hydrogen-bond acceptors (Lipinski definition) is 6. The van der Waals surface area contributed by atoms with E-state index in [1.54, 1.807) is 0 Å². The summed E-state index contributed by atoms with van der Waals surface area (Å²) in [4.78, 5) is 24.8. The van der Waals surface area contributed by atoms with E-state index < -0.39 is 22.3 Å². The van der Waals surface area contributed by atoms with Crippen LogP contribution in [0.15, 0.2) is 23.3 Å². The summed E-state index contributed by atoms with van der Waals surface area (Å²) in [5.74, 6) is -1.06. The van der Waals surface area contributed by atoms with Crippen molar-refractivity contribution in [3.8, 4) is 11.5 Å². The third kappa shape index (κ3) is 1.93. The zero-order valence-corrected chi connectivity index (χ0v) is 13.8. The van der Waals surface area contributed by atoms with E-state index in [2.05, 4.69) is 10.5 Å². The molecule has 1 heterocycles. The molecule has 1 saturated heterocycles. The molecule has 2 atom stereocenters. The first-order chi connectivity index (χ1) is 11.1. The summed E-state index contributed by atoms with van der Waals surface area (Å²) < 4.78 is 5.46. The van der Waals surface area contributed by atoms with E-state index in [0.29, 0.717) is 18.4 Å². The largest absolute Gasteiger partial charge is 0.508 e. The summed E-state index contributed by atoms with van der Waals surface area (Å²) in [7, 11) is 0. The van der Waals surface area contributed by atoms with Crippen molar-refractivity contribution in [2.45, 2.75) is 39.2 Å². The quantitative estimate of drug-likeness (QED) is 0.443. The van der Waals surface area contributed by atoms with E-state index in [1.807, 2.05) is 20.8 Å². The number of nitrogens with zero attached hydrogens (tertiary/aromatic N) is 1. The van der Waals surface area contributed by atoms with Crippen molar-refractivity contribution < 1.29 is 24.5 Å². The van der Waals surface area contributed by atoms with Crippen LogP contribution < -0.4 is 5.43 Å². The molecule has 1 aromatic rings. The molecule has 0 radical (unpaired) electrons. The van der Waals surface area contributed by atoms with Crippen molar-refractivity contribution in [3.63, 3.8) is 0 Å². The minimum Gasteiger partial charge on any atom is -0.508 e. The van der Waals surface area contributed by atoms with Gasteiger partial charge in [-0.05, 0) is 31.9 Å². The van der Waals surface area contributed by atoms with Gasteiger partial charge in [-0.15, -0.1) is 0 Å². The second-order valence-corrected chi connectivity index (χ2v) is 7.12. The number of nitrogens with one attached hydrogen (secondary N) is 1. The molecule has 128 valence electrons. The Bertz CT molecular complexity index is 757. The summed E-state index contributed by atoms with van der Waals surface area (Å²) in [6, 6.07) is 4.03. The van der Waals surface area contributed by atoms with Crippen molar-refractivity contribution in [2.24, 2.45) is 15.9 Å². The fraction of sp³-hybridized carbons (Fsp3) is 0.471. The molecule has 0 aromatic heterocycles. The zero-order valence-electron chi connectivity index (χ0n) is 13.8. The fourth-order valence-corrected chi connectivity index (χ4v) is 3.64. The summed E-state index contributed by atoms with van der Waals surface area (Å²) in [5, 5.41) is 22.8. The molecule has 24 heavy (non-hydrogen) atoms. The molecule has 1 aromatic carbocycles. The standard InChI is InChI=1S/C17H20N2O5/c1-15(2)16(3)6-7-17(15,24-14(16)23)13(22)19-18-9-10-4-5-11(20)8-12(10)21/h4-5,8-9,20-21H,6-7H2,1-3H3,(H,19,22)/b18-9+/t16-,17+/m1/s1. The Morgan fingerprint density at radius 1 is 1.29 bits per heavy atom. The van der Waals surface area contributed by atoms with Gasteiger partial charge in [0.15, 0.2) is 5.60 Å². The minimum absolute atomic E-state index is 0.0718. The summed E-state index contributed by atoms with van der Waals surface area (Å²) >= 11 is 0. The number of carbonyl (C=O) groups excluding carboxylic acids is 2. The monoisotopic (exact) mass is 332 g/mol.